The Morgan fingerprint density at radius 1 is 0.591 bits per heavy atom. The third-order valence-corrected chi connectivity index (χ3v) is 25.8. The fraction of sp³-hybridized carbons (Fsp3) is 0.260. The van der Waals surface area contributed by atoms with Crippen LogP contribution in [-0.4, -0.2) is 171 Å². The highest BCUT2D eigenvalue weighted by atomic mass is 35.5. The first-order chi connectivity index (χ1) is 52.6. The van der Waals surface area contributed by atoms with Gasteiger partial charge in [-0.1, -0.05) is 29.8 Å². The molecule has 0 unspecified atom stereocenters. The van der Waals surface area contributed by atoms with E-state index in [0.717, 1.165) is 48.5 Å². The van der Waals surface area contributed by atoms with Gasteiger partial charge in [0.1, 0.15) is 38.0 Å². The molecular formula is C73H80ClF4N15O11S6. The number of sulfonamides is 3. The van der Waals surface area contributed by atoms with Crippen molar-refractivity contribution in [2.75, 3.05) is 99.2 Å². The molecule has 15 rings (SSSR count). The van der Waals surface area contributed by atoms with Crippen LogP contribution in [0.1, 0.15) is 38.5 Å². The molecule has 4 aliphatic heterocycles. The van der Waals surface area contributed by atoms with Crippen LogP contribution in [0.3, 0.4) is 0 Å². The Labute approximate surface area is 654 Å². The average molecular weight is 1650 g/mol. The van der Waals surface area contributed by atoms with Gasteiger partial charge in [-0.15, -0.1) is 34.0 Å². The number of benzene rings is 6. The molecule has 5 aromatic heterocycles. The van der Waals surface area contributed by atoms with Gasteiger partial charge in [0.2, 0.25) is 29.5 Å². The number of piperazine rings is 3. The van der Waals surface area contributed by atoms with Crippen LogP contribution in [0.25, 0.3) is 21.8 Å². The first-order valence-electron chi connectivity index (χ1n) is 34.3. The number of amides is 5. The first kappa shape index (κ1) is 77.7. The second kappa shape index (κ2) is 32.6. The number of rotatable bonds is 18. The summed E-state index contributed by atoms with van der Waals surface area (Å²) in [5, 5.41) is 7.64. The molecule has 5 amide bonds. The molecule has 0 spiro atoms. The summed E-state index contributed by atoms with van der Waals surface area (Å²) in [6.07, 6.45) is 5.15. The van der Waals surface area contributed by atoms with E-state index in [0.29, 0.717) is 77.5 Å². The average Bonchev–Trinajstić information content (AvgIpc) is 0.996. The van der Waals surface area contributed by atoms with E-state index in [1.807, 2.05) is 32.0 Å². The molecule has 3 fully saturated rings. The summed E-state index contributed by atoms with van der Waals surface area (Å²) in [6.45, 7) is 7.13. The molecule has 0 aliphatic carbocycles. The van der Waals surface area contributed by atoms with E-state index < -0.39 is 47.9 Å². The number of alkyl halides is 3. The number of carbonyl (C=O) groups excluding carboxylic acids is 5. The number of carbonyl (C=O) groups is 5. The second-order valence-corrected chi connectivity index (χ2v) is 34.0. The molecule has 9 heterocycles. The molecule has 3 saturated heterocycles. The van der Waals surface area contributed by atoms with Gasteiger partial charge in [-0.05, 0) is 159 Å². The molecule has 11 aromatic rings. The number of halogens is 5. The minimum absolute atomic E-state index is 0. The largest absolute Gasteiger partial charge is 0.416 e. The number of thiazole rings is 3. The Hall–Kier alpha value is -10.5. The zero-order chi connectivity index (χ0) is 77.8. The lowest BCUT2D eigenvalue weighted by Crippen LogP contribution is -2.57. The molecular weight excluding hydrogens is 1570 g/mol. The van der Waals surface area contributed by atoms with Crippen LogP contribution in [0.5, 0.6) is 0 Å². The number of nitrogens with zero attached hydrogens (tertiary/aromatic N) is 12. The molecule has 0 radical (unpaired) electrons. The molecule has 0 bridgehead atoms. The Morgan fingerprint density at radius 3 is 1.63 bits per heavy atom. The van der Waals surface area contributed by atoms with Crippen molar-refractivity contribution in [3.63, 3.8) is 0 Å². The van der Waals surface area contributed by atoms with Crippen LogP contribution in [-0.2, 0) is 79.7 Å². The summed E-state index contributed by atoms with van der Waals surface area (Å²) in [5.41, 5.74) is 4.21. The van der Waals surface area contributed by atoms with E-state index in [1.165, 1.54) is 111 Å². The highest BCUT2D eigenvalue weighted by Gasteiger charge is 2.37. The van der Waals surface area contributed by atoms with Gasteiger partial charge < -0.3 is 43.4 Å². The molecule has 37 heteroatoms. The van der Waals surface area contributed by atoms with E-state index in [4.69, 9.17) is 11.6 Å². The fourth-order valence-corrected chi connectivity index (χ4v) is 19.0. The van der Waals surface area contributed by atoms with E-state index in [9.17, 15) is 66.8 Å². The topological polar surface area (TPSA) is 295 Å². The lowest BCUT2D eigenvalue weighted by Gasteiger charge is -2.41. The van der Waals surface area contributed by atoms with E-state index in [2.05, 4.69) is 38.9 Å². The SMILES string of the molecule is C[C@H](C(=O)N1CCN(c2ccc(S(=O)(=O)Nc3nccs3)cc2)C(=O)C1)N1CCCc2c(Cl)cccc21.C[C@H]1CN(c2ccc(S(=O)(=O)Nc3nccs3)cc2)CCN1C(=O)Cn1ccc2ccc(C(F)(F)F)cc21.O=C(Cn1ccc2c(F)cccc21)N1CCN(c2ccc(S(=O)(=O)Nc3nccs3)cc2)C(=O)C1.[HH].[HH].[HH].[HH].[HH]. The number of hydrogen-bond donors (Lipinski definition) is 3. The van der Waals surface area contributed by atoms with Gasteiger partial charge in [0.15, 0.2) is 15.4 Å². The van der Waals surface area contributed by atoms with Gasteiger partial charge >= 0.3 is 6.18 Å². The van der Waals surface area contributed by atoms with E-state index >= 15 is 0 Å². The lowest BCUT2D eigenvalue weighted by atomic mass is 9.99. The summed E-state index contributed by atoms with van der Waals surface area (Å²) >= 11 is 9.93. The highest BCUT2D eigenvalue weighted by Crippen LogP contribution is 2.36. The monoisotopic (exact) mass is 1650 g/mol. The highest BCUT2D eigenvalue weighted by molar-refractivity contribution is 7.93. The Balaban J connectivity index is 0.000000211. The summed E-state index contributed by atoms with van der Waals surface area (Å²) < 4.78 is 139. The van der Waals surface area contributed by atoms with Gasteiger partial charge in [-0.25, -0.2) is 44.6 Å². The number of hydrogen-bond acceptors (Lipinski definition) is 19. The molecule has 110 heavy (non-hydrogen) atoms. The summed E-state index contributed by atoms with van der Waals surface area (Å²) in [4.78, 5) is 89.2. The fourth-order valence-electron chi connectivity index (χ4n) is 13.4. The van der Waals surface area contributed by atoms with Gasteiger partial charge in [-0.2, -0.15) is 13.2 Å². The minimum atomic E-state index is -4.46. The quantitative estimate of drug-likeness (QED) is 0.0673. The predicted octanol–water partition coefficient (Wildman–Crippen LogP) is 12.4. The second-order valence-electron chi connectivity index (χ2n) is 25.9. The van der Waals surface area contributed by atoms with Crippen LogP contribution in [0, 0.1) is 5.82 Å². The number of fused-ring (bicyclic) bond motifs is 3. The van der Waals surface area contributed by atoms with Gasteiger partial charge in [0.25, 0.3) is 30.1 Å². The van der Waals surface area contributed by atoms with Crippen molar-refractivity contribution < 1.29 is 73.9 Å². The standard InChI is InChI=1S/C25H26ClN5O4S2.C25H24F3N5O3S2.C23H20FN5O4S2.5H2/c1-17(30-12-3-4-20-21(26)5-2-6-22(20)30)24(33)29-13-14-31(23(32)16-29)18-7-9-19(10-8-18)37(34,35)28-25-27-11-15-36-25;1-17-15-31(20-4-6-21(7-5-20)38(35,36)30-24-29-9-13-37-24)11-12-33(17)23(34)16-32-10-8-18-2-3-19(14-22(18)32)25(26,27)28;24-19-2-1-3-20-18(19)8-10-27(20)14-21(30)28-11-12-29(22(31)15-28)16-4-6-17(7-5-16)35(32,33)26-23-25-9-13-34-23;;;;;/h2,5-11,15,17H,3-4,12-14,16H2,1H3,(H,27,28);2-10,13-14,17H,11-12,15-16H2,1H3,(H,29,30);1-10,13H,11-12,14-15H2,(H,25,26);5*1H/t2*17-;;;;;;/m10....../s1. The van der Waals surface area contributed by atoms with Crippen LogP contribution in [0.15, 0.2) is 201 Å². The minimum Gasteiger partial charge on any atom is -0.368 e. The lowest BCUT2D eigenvalue weighted by molar-refractivity contribution is -0.137. The summed E-state index contributed by atoms with van der Waals surface area (Å²) in [7, 11) is -11.3. The maximum Gasteiger partial charge on any atom is 0.416 e. The Morgan fingerprint density at radius 2 is 1.10 bits per heavy atom. The van der Waals surface area contributed by atoms with Crippen molar-refractivity contribution in [3.05, 3.63) is 209 Å². The molecule has 3 N–H and O–H groups in total. The van der Waals surface area contributed by atoms with Crippen LogP contribution in [0.4, 0.5) is 55.7 Å². The van der Waals surface area contributed by atoms with Gasteiger partial charge in [0.05, 0.1) is 25.8 Å². The van der Waals surface area contributed by atoms with Crippen LogP contribution >= 0.6 is 45.6 Å². The van der Waals surface area contributed by atoms with Gasteiger partial charge in [-0.3, -0.25) is 38.1 Å². The molecule has 2 atom stereocenters. The molecule has 6 aromatic carbocycles. The Kier molecular flexibility index (Phi) is 23.0. The number of nitrogens with one attached hydrogen (secondary N) is 3. The first-order valence-corrected chi connectivity index (χ1v) is 41.8. The van der Waals surface area contributed by atoms with Crippen molar-refractivity contribution in [1.29, 1.82) is 0 Å². The predicted molar refractivity (Wildman–Crippen MR) is 425 cm³/mol. The van der Waals surface area contributed by atoms with E-state index in [1.54, 1.807) is 113 Å². The third kappa shape index (κ3) is 17.5. The van der Waals surface area contributed by atoms with Crippen molar-refractivity contribution in [1.82, 2.24) is 38.8 Å². The molecule has 4 aliphatic rings. The number of anilines is 7. The van der Waals surface area contributed by atoms with Crippen LogP contribution < -0.4 is 33.8 Å². The molecule has 26 nitrogen and oxygen atoms in total. The van der Waals surface area contributed by atoms with Crippen molar-refractivity contribution in [3.8, 4) is 0 Å². The van der Waals surface area contributed by atoms with Crippen LogP contribution in [0.2, 0.25) is 5.02 Å². The number of aromatic nitrogens is 5. The van der Waals surface area contributed by atoms with Gasteiger partial charge in [0, 0.05) is 151 Å². The smallest absolute Gasteiger partial charge is 0.368 e. The maximum absolute atomic E-state index is 13.9. The summed E-state index contributed by atoms with van der Waals surface area (Å²) in [6, 6.07) is 35.3. The van der Waals surface area contributed by atoms with Crippen molar-refractivity contribution >= 4 is 165 Å². The molecule has 584 valence electrons. The third-order valence-electron chi connectivity index (χ3n) is 19.0. The maximum atomic E-state index is 13.9. The zero-order valence-electron chi connectivity index (χ0n) is 58.6. The van der Waals surface area contributed by atoms with E-state index in [-0.39, 0.29) is 111 Å². The van der Waals surface area contributed by atoms with Crippen molar-refractivity contribution in [2.24, 2.45) is 0 Å². The molecule has 0 saturated carbocycles. The normalized spacial score (nSPS) is 16.1. The van der Waals surface area contributed by atoms with Crippen molar-refractivity contribution in [2.45, 2.75) is 72.7 Å². The Bertz CT molecular complexity index is 5580. The summed E-state index contributed by atoms with van der Waals surface area (Å²) in [5.74, 6) is -1.36. The zero-order valence-corrected chi connectivity index (χ0v) is 64.3.